The maximum absolute atomic E-state index is 10.9. The van der Waals surface area contributed by atoms with Gasteiger partial charge in [0.25, 0.3) is 0 Å². The summed E-state index contributed by atoms with van der Waals surface area (Å²) in [6, 6.07) is 7.04. The van der Waals surface area contributed by atoms with Crippen LogP contribution in [0.3, 0.4) is 0 Å². The molecule has 4 heteroatoms. The molecule has 0 aliphatic heterocycles. The quantitative estimate of drug-likeness (QED) is 0.811. The summed E-state index contributed by atoms with van der Waals surface area (Å²) < 4.78 is 0. The van der Waals surface area contributed by atoms with Gasteiger partial charge in [0.2, 0.25) is 0 Å². The van der Waals surface area contributed by atoms with Gasteiger partial charge in [0.05, 0.1) is 6.54 Å². The summed E-state index contributed by atoms with van der Waals surface area (Å²) in [4.78, 5) is 12.9. The predicted molar refractivity (Wildman–Crippen MR) is 68.5 cm³/mol. The van der Waals surface area contributed by atoms with E-state index >= 15 is 0 Å². The van der Waals surface area contributed by atoms with E-state index in [2.05, 4.69) is 0 Å². The summed E-state index contributed by atoms with van der Waals surface area (Å²) in [6.45, 7) is 2.86. The minimum Gasteiger partial charge on any atom is -0.508 e. The lowest BCUT2D eigenvalue weighted by molar-refractivity contribution is -0.139. The third-order valence-electron chi connectivity index (χ3n) is 3.43. The monoisotopic (exact) mass is 249 g/mol. The van der Waals surface area contributed by atoms with Crippen molar-refractivity contribution < 1.29 is 15.0 Å². The summed E-state index contributed by atoms with van der Waals surface area (Å²) in [5.41, 5.74) is 0.955. The van der Waals surface area contributed by atoms with Gasteiger partial charge < -0.3 is 10.2 Å². The van der Waals surface area contributed by atoms with Gasteiger partial charge in [0, 0.05) is 12.6 Å². The molecular weight excluding hydrogens is 230 g/mol. The first kappa shape index (κ1) is 12.9. The standard InChI is InChI=1S/C14H19NO3/c1-10(12-3-2-4-13(16)7-12)15(9-14(17)18)8-11-5-6-11/h2-4,7,10-11,16H,5-6,8-9H2,1H3,(H,17,18). The maximum atomic E-state index is 10.9. The van der Waals surface area contributed by atoms with E-state index in [9.17, 15) is 9.90 Å². The lowest BCUT2D eigenvalue weighted by Gasteiger charge is -2.28. The van der Waals surface area contributed by atoms with Gasteiger partial charge in [-0.15, -0.1) is 0 Å². The van der Waals surface area contributed by atoms with Crippen molar-refractivity contribution in [2.24, 2.45) is 5.92 Å². The fraction of sp³-hybridized carbons (Fsp3) is 0.500. The molecule has 18 heavy (non-hydrogen) atoms. The van der Waals surface area contributed by atoms with E-state index in [0.29, 0.717) is 5.92 Å². The smallest absolute Gasteiger partial charge is 0.317 e. The second-order valence-electron chi connectivity index (χ2n) is 5.04. The van der Waals surface area contributed by atoms with Crippen LogP contribution in [0.2, 0.25) is 0 Å². The third-order valence-corrected chi connectivity index (χ3v) is 3.43. The number of phenols is 1. The van der Waals surface area contributed by atoms with Gasteiger partial charge in [-0.2, -0.15) is 0 Å². The van der Waals surface area contributed by atoms with Crippen LogP contribution in [0.25, 0.3) is 0 Å². The highest BCUT2D eigenvalue weighted by molar-refractivity contribution is 5.69. The van der Waals surface area contributed by atoms with Crippen molar-refractivity contribution in [1.29, 1.82) is 0 Å². The Morgan fingerprint density at radius 2 is 2.22 bits per heavy atom. The van der Waals surface area contributed by atoms with Crippen molar-refractivity contribution in [1.82, 2.24) is 4.90 Å². The molecule has 1 fully saturated rings. The van der Waals surface area contributed by atoms with Crippen LogP contribution in [-0.2, 0) is 4.79 Å². The Morgan fingerprint density at radius 3 is 2.78 bits per heavy atom. The number of benzene rings is 1. The van der Waals surface area contributed by atoms with Crippen LogP contribution in [0.15, 0.2) is 24.3 Å². The number of aromatic hydroxyl groups is 1. The number of aliphatic carboxylic acids is 1. The van der Waals surface area contributed by atoms with Crippen LogP contribution in [-0.4, -0.2) is 34.2 Å². The number of carboxylic acids is 1. The minimum atomic E-state index is -0.803. The zero-order chi connectivity index (χ0) is 13.1. The summed E-state index contributed by atoms with van der Waals surface area (Å²) in [5, 5.41) is 18.5. The van der Waals surface area contributed by atoms with Crippen LogP contribution >= 0.6 is 0 Å². The molecule has 1 aliphatic carbocycles. The molecule has 0 radical (unpaired) electrons. The number of rotatable bonds is 6. The Labute approximate surface area is 107 Å². The first-order valence-electron chi connectivity index (χ1n) is 6.31. The van der Waals surface area contributed by atoms with Gasteiger partial charge >= 0.3 is 5.97 Å². The van der Waals surface area contributed by atoms with Crippen LogP contribution < -0.4 is 0 Å². The Hall–Kier alpha value is -1.55. The van der Waals surface area contributed by atoms with Gasteiger partial charge in [-0.3, -0.25) is 9.69 Å². The lowest BCUT2D eigenvalue weighted by Crippen LogP contribution is -2.34. The van der Waals surface area contributed by atoms with Crippen molar-refractivity contribution in [2.75, 3.05) is 13.1 Å². The van der Waals surface area contributed by atoms with Crippen LogP contribution in [0.5, 0.6) is 5.75 Å². The van der Waals surface area contributed by atoms with Gasteiger partial charge in [-0.05, 0) is 43.4 Å². The van der Waals surface area contributed by atoms with Gasteiger partial charge in [-0.25, -0.2) is 0 Å². The van der Waals surface area contributed by atoms with Gasteiger partial charge in [0.15, 0.2) is 0 Å². The largest absolute Gasteiger partial charge is 0.508 e. The van der Waals surface area contributed by atoms with Crippen molar-refractivity contribution >= 4 is 5.97 Å². The minimum absolute atomic E-state index is 0.00815. The highest BCUT2D eigenvalue weighted by Crippen LogP contribution is 2.33. The number of phenolic OH excluding ortho intramolecular Hbond substituents is 1. The van der Waals surface area contributed by atoms with E-state index in [1.165, 1.54) is 12.8 Å². The Kier molecular flexibility index (Phi) is 3.87. The van der Waals surface area contributed by atoms with Crippen LogP contribution in [0, 0.1) is 5.92 Å². The normalized spacial score (nSPS) is 16.8. The zero-order valence-electron chi connectivity index (χ0n) is 10.5. The fourth-order valence-electron chi connectivity index (χ4n) is 2.16. The fourth-order valence-corrected chi connectivity index (χ4v) is 2.16. The number of hydrogen-bond acceptors (Lipinski definition) is 3. The molecule has 1 saturated carbocycles. The summed E-state index contributed by atoms with van der Waals surface area (Å²) >= 11 is 0. The van der Waals surface area contributed by atoms with E-state index in [1.807, 2.05) is 17.9 Å². The van der Waals surface area contributed by atoms with Crippen LogP contribution in [0.1, 0.15) is 31.4 Å². The molecule has 0 bridgehead atoms. The van der Waals surface area contributed by atoms with Gasteiger partial charge in [0.1, 0.15) is 5.75 Å². The second-order valence-corrected chi connectivity index (χ2v) is 5.04. The molecule has 0 amide bonds. The van der Waals surface area contributed by atoms with E-state index in [4.69, 9.17) is 5.11 Å². The summed E-state index contributed by atoms with van der Waals surface area (Å²) in [7, 11) is 0. The topological polar surface area (TPSA) is 60.8 Å². The van der Waals surface area contributed by atoms with Crippen molar-refractivity contribution in [3.8, 4) is 5.75 Å². The number of hydrogen-bond donors (Lipinski definition) is 2. The summed E-state index contributed by atoms with van der Waals surface area (Å²) in [6.07, 6.45) is 2.39. The van der Waals surface area contributed by atoms with Crippen molar-refractivity contribution in [3.05, 3.63) is 29.8 Å². The molecule has 1 aromatic rings. The van der Waals surface area contributed by atoms with E-state index < -0.39 is 5.97 Å². The molecule has 0 spiro atoms. The molecular formula is C14H19NO3. The molecule has 1 aliphatic rings. The van der Waals surface area contributed by atoms with Crippen LogP contribution in [0.4, 0.5) is 0 Å². The molecule has 0 saturated heterocycles. The van der Waals surface area contributed by atoms with Crippen molar-refractivity contribution in [3.63, 3.8) is 0 Å². The number of carbonyl (C=O) groups is 1. The molecule has 0 aromatic heterocycles. The molecule has 1 atom stereocenters. The molecule has 98 valence electrons. The third kappa shape index (κ3) is 3.47. The van der Waals surface area contributed by atoms with E-state index in [1.54, 1.807) is 18.2 Å². The Morgan fingerprint density at radius 1 is 1.50 bits per heavy atom. The SMILES string of the molecule is CC(c1cccc(O)c1)N(CC(=O)O)CC1CC1. The average molecular weight is 249 g/mol. The molecule has 1 unspecified atom stereocenters. The summed E-state index contributed by atoms with van der Waals surface area (Å²) in [5.74, 6) is 0.0628. The zero-order valence-corrected chi connectivity index (χ0v) is 10.5. The second kappa shape index (κ2) is 5.40. The Balaban J connectivity index is 2.10. The average Bonchev–Trinajstić information content (AvgIpc) is 3.10. The number of carboxylic acid groups (broad SMARTS) is 1. The molecule has 4 nitrogen and oxygen atoms in total. The highest BCUT2D eigenvalue weighted by Gasteiger charge is 2.28. The van der Waals surface area contributed by atoms with Crippen molar-refractivity contribution in [2.45, 2.75) is 25.8 Å². The first-order chi connectivity index (χ1) is 8.56. The van der Waals surface area contributed by atoms with E-state index in [-0.39, 0.29) is 18.3 Å². The van der Waals surface area contributed by atoms with Gasteiger partial charge in [-0.1, -0.05) is 12.1 Å². The lowest BCUT2D eigenvalue weighted by atomic mass is 10.1. The molecule has 2 N–H and O–H groups in total. The number of nitrogens with zero attached hydrogens (tertiary/aromatic N) is 1. The van der Waals surface area contributed by atoms with E-state index in [0.717, 1.165) is 12.1 Å². The molecule has 0 heterocycles. The Bertz CT molecular complexity index is 429. The molecule has 2 rings (SSSR count). The maximum Gasteiger partial charge on any atom is 0.317 e. The highest BCUT2D eigenvalue weighted by atomic mass is 16.4. The predicted octanol–water partition coefficient (Wildman–Crippen LogP) is 2.25. The first-order valence-corrected chi connectivity index (χ1v) is 6.31. The molecule has 1 aromatic carbocycles.